The Balaban J connectivity index is 2.75. The third kappa shape index (κ3) is 3.46. The smallest absolute Gasteiger partial charge is 0.339 e. The van der Waals surface area contributed by atoms with Crippen molar-refractivity contribution in [3.05, 3.63) is 29.8 Å². The van der Waals surface area contributed by atoms with Crippen LogP contribution in [0.5, 0.6) is 0 Å². The lowest BCUT2D eigenvalue weighted by Gasteiger charge is -2.28. The summed E-state index contributed by atoms with van der Waals surface area (Å²) in [6, 6.07) is 7.86. The molecule has 0 amide bonds. The number of likely N-dealkylation sites (N-methyl/N-ethyl adjacent to an activating group) is 1. The number of methoxy groups -OCH3 is 1. The van der Waals surface area contributed by atoms with Crippen LogP contribution >= 0.6 is 0 Å². The molecule has 0 fully saturated rings. The van der Waals surface area contributed by atoms with Crippen LogP contribution in [-0.2, 0) is 9.53 Å². The zero-order valence-corrected chi connectivity index (χ0v) is 10.7. The molecule has 1 atom stereocenters. The van der Waals surface area contributed by atoms with Crippen molar-refractivity contribution in [2.24, 2.45) is 0 Å². The molecule has 0 spiro atoms. The van der Waals surface area contributed by atoms with E-state index in [1.807, 2.05) is 43.1 Å². The predicted octanol–water partition coefficient (Wildman–Crippen LogP) is 1.36. The Labute approximate surface area is 102 Å². The van der Waals surface area contributed by atoms with Crippen molar-refractivity contribution in [1.82, 2.24) is 0 Å². The second kappa shape index (κ2) is 5.19. The fraction of sp³-hybridized carbons (Fsp3) is 0.462. The van der Waals surface area contributed by atoms with E-state index in [-0.39, 0.29) is 6.54 Å². The molecule has 94 valence electrons. The van der Waals surface area contributed by atoms with Gasteiger partial charge in [0, 0.05) is 12.7 Å². The van der Waals surface area contributed by atoms with Gasteiger partial charge in [-0.25, -0.2) is 4.79 Å². The maximum absolute atomic E-state index is 11.4. The molecule has 0 aliphatic carbocycles. The number of rotatable bonds is 4. The molecule has 1 N–H and O–H groups in total. The zero-order valence-electron chi connectivity index (χ0n) is 10.7. The Hall–Kier alpha value is -1.55. The molecule has 0 aromatic heterocycles. The van der Waals surface area contributed by atoms with Crippen LogP contribution in [-0.4, -0.2) is 37.4 Å². The van der Waals surface area contributed by atoms with Crippen LogP contribution < -0.4 is 4.90 Å². The highest BCUT2D eigenvalue weighted by molar-refractivity contribution is 5.79. The molecule has 0 aliphatic rings. The number of hydrogen-bond donors (Lipinski definition) is 1. The first kappa shape index (κ1) is 13.5. The standard InChI is InChI=1S/C13H19NO3/c1-10-5-7-11(8-6-10)14(3)9-13(2,16)12(15)17-4/h5-8,16H,9H2,1-4H3. The Bertz CT molecular complexity index is 384. The van der Waals surface area contributed by atoms with Crippen molar-refractivity contribution in [1.29, 1.82) is 0 Å². The van der Waals surface area contributed by atoms with Crippen molar-refractivity contribution in [2.45, 2.75) is 19.4 Å². The summed E-state index contributed by atoms with van der Waals surface area (Å²) in [4.78, 5) is 13.2. The number of carbonyl (C=O) groups is 1. The Kier molecular flexibility index (Phi) is 4.12. The summed E-state index contributed by atoms with van der Waals surface area (Å²) in [5, 5.41) is 9.95. The third-order valence-corrected chi connectivity index (χ3v) is 2.64. The number of nitrogens with zero attached hydrogens (tertiary/aromatic N) is 1. The lowest BCUT2D eigenvalue weighted by atomic mass is 10.1. The molecule has 1 aromatic rings. The number of esters is 1. The molecule has 1 rings (SSSR count). The lowest BCUT2D eigenvalue weighted by Crippen LogP contribution is -2.46. The minimum Gasteiger partial charge on any atom is -0.467 e. The van der Waals surface area contributed by atoms with E-state index in [0.29, 0.717) is 0 Å². The average Bonchev–Trinajstić information content (AvgIpc) is 2.28. The molecule has 1 unspecified atom stereocenters. The minimum atomic E-state index is -1.51. The van der Waals surface area contributed by atoms with Crippen molar-refractivity contribution >= 4 is 11.7 Å². The van der Waals surface area contributed by atoms with Gasteiger partial charge < -0.3 is 14.7 Å². The Morgan fingerprint density at radius 3 is 2.41 bits per heavy atom. The highest BCUT2D eigenvalue weighted by atomic mass is 16.5. The highest BCUT2D eigenvalue weighted by Crippen LogP contribution is 2.17. The van der Waals surface area contributed by atoms with E-state index in [9.17, 15) is 9.90 Å². The maximum atomic E-state index is 11.4. The summed E-state index contributed by atoms with van der Waals surface area (Å²) in [6.45, 7) is 3.64. The quantitative estimate of drug-likeness (QED) is 0.803. The van der Waals surface area contributed by atoms with Crippen molar-refractivity contribution in [3.8, 4) is 0 Å². The first-order valence-electron chi connectivity index (χ1n) is 5.45. The van der Waals surface area contributed by atoms with E-state index in [1.165, 1.54) is 19.6 Å². The number of aryl methyl sites for hydroxylation is 1. The van der Waals surface area contributed by atoms with Gasteiger partial charge in [0.15, 0.2) is 5.60 Å². The van der Waals surface area contributed by atoms with Gasteiger partial charge in [0.05, 0.1) is 13.7 Å². The van der Waals surface area contributed by atoms with Crippen LogP contribution in [0.3, 0.4) is 0 Å². The Morgan fingerprint density at radius 2 is 1.94 bits per heavy atom. The van der Waals surface area contributed by atoms with Gasteiger partial charge in [-0.15, -0.1) is 0 Å². The zero-order chi connectivity index (χ0) is 13.1. The highest BCUT2D eigenvalue weighted by Gasteiger charge is 2.32. The second-order valence-electron chi connectivity index (χ2n) is 4.46. The fourth-order valence-corrected chi connectivity index (χ4v) is 1.64. The number of aliphatic hydroxyl groups is 1. The molecular formula is C13H19NO3. The van der Waals surface area contributed by atoms with Crippen molar-refractivity contribution in [2.75, 3.05) is 25.6 Å². The molecule has 1 aromatic carbocycles. The van der Waals surface area contributed by atoms with Gasteiger partial charge in [0.1, 0.15) is 0 Å². The van der Waals surface area contributed by atoms with Crippen LogP contribution in [0.15, 0.2) is 24.3 Å². The molecule has 4 heteroatoms. The first-order chi connectivity index (χ1) is 7.86. The average molecular weight is 237 g/mol. The normalized spacial score (nSPS) is 13.9. The Morgan fingerprint density at radius 1 is 1.41 bits per heavy atom. The first-order valence-corrected chi connectivity index (χ1v) is 5.45. The lowest BCUT2D eigenvalue weighted by molar-refractivity contribution is -0.159. The number of benzene rings is 1. The number of carbonyl (C=O) groups excluding carboxylic acids is 1. The van der Waals surface area contributed by atoms with Crippen LogP contribution in [0.1, 0.15) is 12.5 Å². The molecule has 0 bridgehead atoms. The summed E-state index contributed by atoms with van der Waals surface area (Å²) < 4.78 is 4.56. The molecule has 4 nitrogen and oxygen atoms in total. The number of ether oxygens (including phenoxy) is 1. The van der Waals surface area contributed by atoms with Gasteiger partial charge >= 0.3 is 5.97 Å². The van der Waals surface area contributed by atoms with Gasteiger partial charge in [0.25, 0.3) is 0 Å². The molecule has 0 radical (unpaired) electrons. The van der Waals surface area contributed by atoms with E-state index in [2.05, 4.69) is 4.74 Å². The summed E-state index contributed by atoms with van der Waals surface area (Å²) in [5.41, 5.74) is 0.607. The maximum Gasteiger partial charge on any atom is 0.339 e. The SMILES string of the molecule is COC(=O)C(C)(O)CN(C)c1ccc(C)cc1. The van der Waals surface area contributed by atoms with E-state index < -0.39 is 11.6 Å². The summed E-state index contributed by atoms with van der Waals surface area (Å²) in [5.74, 6) is -0.628. The summed E-state index contributed by atoms with van der Waals surface area (Å²) >= 11 is 0. The second-order valence-corrected chi connectivity index (χ2v) is 4.46. The summed E-state index contributed by atoms with van der Waals surface area (Å²) in [7, 11) is 3.09. The largest absolute Gasteiger partial charge is 0.467 e. The van der Waals surface area contributed by atoms with E-state index in [4.69, 9.17) is 0 Å². The van der Waals surface area contributed by atoms with E-state index in [1.54, 1.807) is 0 Å². The van der Waals surface area contributed by atoms with Gasteiger partial charge in [0.2, 0.25) is 0 Å². The van der Waals surface area contributed by atoms with Crippen LogP contribution in [0.25, 0.3) is 0 Å². The van der Waals surface area contributed by atoms with Crippen LogP contribution in [0, 0.1) is 6.92 Å². The predicted molar refractivity (Wildman–Crippen MR) is 67.1 cm³/mol. The van der Waals surface area contributed by atoms with Gasteiger partial charge in [-0.05, 0) is 26.0 Å². The molecular weight excluding hydrogens is 218 g/mol. The van der Waals surface area contributed by atoms with E-state index >= 15 is 0 Å². The molecule has 0 aliphatic heterocycles. The number of anilines is 1. The van der Waals surface area contributed by atoms with Gasteiger partial charge in [-0.2, -0.15) is 0 Å². The van der Waals surface area contributed by atoms with Gasteiger partial charge in [-0.3, -0.25) is 0 Å². The molecule has 17 heavy (non-hydrogen) atoms. The minimum absolute atomic E-state index is 0.183. The monoisotopic (exact) mass is 237 g/mol. The molecule has 0 saturated heterocycles. The van der Waals surface area contributed by atoms with Crippen molar-refractivity contribution < 1.29 is 14.6 Å². The van der Waals surface area contributed by atoms with Crippen LogP contribution in [0.4, 0.5) is 5.69 Å². The van der Waals surface area contributed by atoms with Crippen LogP contribution in [0.2, 0.25) is 0 Å². The van der Waals surface area contributed by atoms with Gasteiger partial charge in [-0.1, -0.05) is 17.7 Å². The fourth-order valence-electron chi connectivity index (χ4n) is 1.64. The van der Waals surface area contributed by atoms with Crippen molar-refractivity contribution in [3.63, 3.8) is 0 Å². The number of hydrogen-bond acceptors (Lipinski definition) is 4. The topological polar surface area (TPSA) is 49.8 Å². The molecule has 0 heterocycles. The van der Waals surface area contributed by atoms with E-state index in [0.717, 1.165) is 5.69 Å². The molecule has 0 saturated carbocycles. The third-order valence-electron chi connectivity index (χ3n) is 2.64. The summed E-state index contributed by atoms with van der Waals surface area (Å²) in [6.07, 6.45) is 0.